The van der Waals surface area contributed by atoms with Crippen LogP contribution in [0.3, 0.4) is 0 Å². The molecule has 5 heteroatoms. The molecular weight excluding hydrogens is 240 g/mol. The Balaban J connectivity index is 1.94. The summed E-state index contributed by atoms with van der Waals surface area (Å²) in [6, 6.07) is 6.11. The van der Waals surface area contributed by atoms with Gasteiger partial charge in [0.05, 0.1) is 5.69 Å². The van der Waals surface area contributed by atoms with Crippen LogP contribution < -0.4 is 5.73 Å². The summed E-state index contributed by atoms with van der Waals surface area (Å²) in [5.74, 6) is 0.348. The second-order valence-corrected chi connectivity index (χ2v) is 5.59. The molecule has 1 aliphatic heterocycles. The van der Waals surface area contributed by atoms with Gasteiger partial charge in [-0.1, -0.05) is 18.1 Å². The van der Waals surface area contributed by atoms with E-state index in [1.54, 1.807) is 0 Å². The molecule has 3 N–H and O–H groups in total. The standard InChI is InChI=1S/C14H22N4O/c1-11-4-3-5-12(16-11)10-18-8-6-14(2,7-9-18)13(15)17-19/h3-5,19H,6-10H2,1-2H3,(H2,15,17). The van der Waals surface area contributed by atoms with E-state index < -0.39 is 0 Å². The lowest BCUT2D eigenvalue weighted by Crippen LogP contribution is -2.45. The third-order valence-electron chi connectivity index (χ3n) is 4.02. The van der Waals surface area contributed by atoms with E-state index in [9.17, 15) is 0 Å². The van der Waals surface area contributed by atoms with Crippen LogP contribution in [0.25, 0.3) is 0 Å². The van der Waals surface area contributed by atoms with Crippen LogP contribution in [0.4, 0.5) is 0 Å². The van der Waals surface area contributed by atoms with Gasteiger partial charge < -0.3 is 10.9 Å². The van der Waals surface area contributed by atoms with E-state index >= 15 is 0 Å². The molecule has 0 unspecified atom stereocenters. The van der Waals surface area contributed by atoms with Gasteiger partial charge in [-0.05, 0) is 45.0 Å². The highest BCUT2D eigenvalue weighted by Crippen LogP contribution is 2.31. The van der Waals surface area contributed by atoms with Crippen LogP contribution in [0.5, 0.6) is 0 Å². The highest BCUT2D eigenvalue weighted by Gasteiger charge is 2.34. The number of piperidine rings is 1. The van der Waals surface area contributed by atoms with Crippen LogP contribution in [-0.4, -0.2) is 34.0 Å². The second-order valence-electron chi connectivity index (χ2n) is 5.59. The molecule has 0 amide bonds. The number of likely N-dealkylation sites (tertiary alicyclic amines) is 1. The molecular formula is C14H22N4O. The van der Waals surface area contributed by atoms with Crippen molar-refractivity contribution in [2.24, 2.45) is 16.3 Å². The molecule has 1 saturated heterocycles. The minimum absolute atomic E-state index is 0.175. The summed E-state index contributed by atoms with van der Waals surface area (Å²) in [5.41, 5.74) is 7.75. The van der Waals surface area contributed by atoms with E-state index in [1.807, 2.05) is 19.1 Å². The second kappa shape index (κ2) is 5.57. The largest absolute Gasteiger partial charge is 0.409 e. The van der Waals surface area contributed by atoms with Crippen LogP contribution in [-0.2, 0) is 6.54 Å². The topological polar surface area (TPSA) is 74.7 Å². The number of pyridine rings is 1. The van der Waals surface area contributed by atoms with Crippen molar-refractivity contribution in [1.29, 1.82) is 0 Å². The molecule has 5 nitrogen and oxygen atoms in total. The number of hydrogen-bond acceptors (Lipinski definition) is 4. The number of rotatable bonds is 3. The van der Waals surface area contributed by atoms with Crippen molar-refractivity contribution in [3.05, 3.63) is 29.6 Å². The first-order chi connectivity index (χ1) is 9.03. The first-order valence-corrected chi connectivity index (χ1v) is 6.66. The van der Waals surface area contributed by atoms with Crippen molar-refractivity contribution in [3.8, 4) is 0 Å². The van der Waals surface area contributed by atoms with Crippen LogP contribution in [0, 0.1) is 12.3 Å². The Morgan fingerprint density at radius 1 is 1.47 bits per heavy atom. The minimum atomic E-state index is -0.175. The molecule has 1 aromatic rings. The van der Waals surface area contributed by atoms with Crippen molar-refractivity contribution in [2.45, 2.75) is 33.2 Å². The zero-order chi connectivity index (χ0) is 13.9. The number of oxime groups is 1. The van der Waals surface area contributed by atoms with Gasteiger partial charge in [0.2, 0.25) is 0 Å². The highest BCUT2D eigenvalue weighted by atomic mass is 16.4. The van der Waals surface area contributed by atoms with Crippen molar-refractivity contribution < 1.29 is 5.21 Å². The predicted molar refractivity (Wildman–Crippen MR) is 75.0 cm³/mol. The quantitative estimate of drug-likeness (QED) is 0.376. The van der Waals surface area contributed by atoms with Gasteiger partial charge in [0.25, 0.3) is 0 Å². The Labute approximate surface area is 114 Å². The molecule has 19 heavy (non-hydrogen) atoms. The van der Waals surface area contributed by atoms with Gasteiger partial charge in [-0.15, -0.1) is 0 Å². The summed E-state index contributed by atoms with van der Waals surface area (Å²) in [5, 5.41) is 12.0. The van der Waals surface area contributed by atoms with Gasteiger partial charge in [-0.2, -0.15) is 0 Å². The van der Waals surface area contributed by atoms with E-state index in [0.717, 1.165) is 43.9 Å². The van der Waals surface area contributed by atoms with Crippen molar-refractivity contribution in [2.75, 3.05) is 13.1 Å². The zero-order valence-corrected chi connectivity index (χ0v) is 11.6. The van der Waals surface area contributed by atoms with E-state index in [0.29, 0.717) is 5.84 Å². The fourth-order valence-corrected chi connectivity index (χ4v) is 2.50. The Morgan fingerprint density at radius 3 is 2.74 bits per heavy atom. The molecule has 0 bridgehead atoms. The Morgan fingerprint density at radius 2 is 2.16 bits per heavy atom. The molecule has 1 fully saturated rings. The van der Waals surface area contributed by atoms with Gasteiger partial charge in [0, 0.05) is 17.7 Å². The molecule has 0 atom stereocenters. The third-order valence-corrected chi connectivity index (χ3v) is 4.02. The summed E-state index contributed by atoms with van der Waals surface area (Å²) >= 11 is 0. The summed E-state index contributed by atoms with van der Waals surface area (Å²) in [6.07, 6.45) is 1.82. The first kappa shape index (κ1) is 13.8. The Hall–Kier alpha value is -1.62. The monoisotopic (exact) mass is 262 g/mol. The smallest absolute Gasteiger partial charge is 0.145 e. The molecule has 0 saturated carbocycles. The highest BCUT2D eigenvalue weighted by molar-refractivity contribution is 5.85. The number of nitrogens with two attached hydrogens (primary N) is 1. The summed E-state index contributed by atoms with van der Waals surface area (Å²) in [6.45, 7) is 6.83. The SMILES string of the molecule is Cc1cccc(CN2CCC(C)(/C(N)=N/O)CC2)n1. The Kier molecular flexibility index (Phi) is 4.04. The van der Waals surface area contributed by atoms with Gasteiger partial charge in [-0.3, -0.25) is 9.88 Å². The lowest BCUT2D eigenvalue weighted by Gasteiger charge is -2.38. The van der Waals surface area contributed by atoms with Crippen LogP contribution in [0.2, 0.25) is 0 Å². The first-order valence-electron chi connectivity index (χ1n) is 6.66. The van der Waals surface area contributed by atoms with Gasteiger partial charge in [0.15, 0.2) is 0 Å². The van der Waals surface area contributed by atoms with Crippen LogP contribution >= 0.6 is 0 Å². The summed E-state index contributed by atoms with van der Waals surface area (Å²) in [4.78, 5) is 6.89. The molecule has 104 valence electrons. The van der Waals surface area contributed by atoms with E-state index in [-0.39, 0.29) is 5.41 Å². The minimum Gasteiger partial charge on any atom is -0.409 e. The molecule has 2 rings (SSSR count). The lowest BCUT2D eigenvalue weighted by atomic mass is 9.79. The molecule has 0 spiro atoms. The number of hydrogen-bond donors (Lipinski definition) is 2. The van der Waals surface area contributed by atoms with Crippen LogP contribution in [0.15, 0.2) is 23.4 Å². The average Bonchev–Trinajstić information content (AvgIpc) is 2.41. The molecule has 0 radical (unpaired) electrons. The average molecular weight is 262 g/mol. The normalized spacial score (nSPS) is 20.4. The number of amidine groups is 1. The third kappa shape index (κ3) is 3.23. The maximum absolute atomic E-state index is 8.82. The zero-order valence-electron chi connectivity index (χ0n) is 11.6. The van der Waals surface area contributed by atoms with Gasteiger partial charge in [0.1, 0.15) is 5.84 Å². The maximum Gasteiger partial charge on any atom is 0.145 e. The maximum atomic E-state index is 8.82. The van der Waals surface area contributed by atoms with Crippen molar-refractivity contribution in [3.63, 3.8) is 0 Å². The Bertz CT molecular complexity index is 464. The fourth-order valence-electron chi connectivity index (χ4n) is 2.50. The predicted octanol–water partition coefficient (Wildman–Crippen LogP) is 1.74. The molecule has 1 aromatic heterocycles. The summed E-state index contributed by atoms with van der Waals surface area (Å²) in [7, 11) is 0. The molecule has 1 aliphatic rings. The molecule has 0 aromatic carbocycles. The molecule has 2 heterocycles. The molecule has 0 aliphatic carbocycles. The number of aryl methyl sites for hydroxylation is 1. The van der Waals surface area contributed by atoms with E-state index in [4.69, 9.17) is 10.9 Å². The van der Waals surface area contributed by atoms with Crippen molar-refractivity contribution in [1.82, 2.24) is 9.88 Å². The van der Waals surface area contributed by atoms with Gasteiger partial charge >= 0.3 is 0 Å². The lowest BCUT2D eigenvalue weighted by molar-refractivity contribution is 0.151. The van der Waals surface area contributed by atoms with Crippen molar-refractivity contribution >= 4 is 5.84 Å². The fraction of sp³-hybridized carbons (Fsp3) is 0.571. The van der Waals surface area contributed by atoms with Crippen LogP contribution in [0.1, 0.15) is 31.2 Å². The van der Waals surface area contributed by atoms with E-state index in [2.05, 4.69) is 28.0 Å². The summed E-state index contributed by atoms with van der Waals surface area (Å²) < 4.78 is 0. The number of nitrogens with zero attached hydrogens (tertiary/aromatic N) is 3. The number of aromatic nitrogens is 1. The van der Waals surface area contributed by atoms with Gasteiger partial charge in [-0.25, -0.2) is 0 Å². The van der Waals surface area contributed by atoms with E-state index in [1.165, 1.54) is 0 Å².